The van der Waals surface area contributed by atoms with E-state index in [4.69, 9.17) is 5.73 Å². The Kier molecular flexibility index (Phi) is 2.81. The first-order valence-corrected chi connectivity index (χ1v) is 6.22. The molecule has 0 amide bonds. The maximum absolute atomic E-state index is 9.30. The Hall–Kier alpha value is -2.93. The Morgan fingerprint density at radius 3 is 2.65 bits per heavy atom. The lowest BCUT2D eigenvalue weighted by Gasteiger charge is -2.07. The van der Waals surface area contributed by atoms with Crippen LogP contribution in [0.2, 0.25) is 0 Å². The number of nitrogens with two attached hydrogens (primary N) is 1. The molecule has 2 aromatic heterocycles. The number of benzene rings is 1. The fraction of sp³-hybridized carbons (Fsp3) is 0.0625. The van der Waals surface area contributed by atoms with Crippen molar-refractivity contribution in [3.63, 3.8) is 0 Å². The maximum Gasteiger partial charge on any atom is 0.150 e. The van der Waals surface area contributed by atoms with Gasteiger partial charge in [0.05, 0.1) is 22.6 Å². The molecule has 0 saturated carbocycles. The van der Waals surface area contributed by atoms with E-state index in [0.29, 0.717) is 17.1 Å². The molecule has 0 saturated heterocycles. The zero-order chi connectivity index (χ0) is 14.1. The molecule has 0 bridgehead atoms. The summed E-state index contributed by atoms with van der Waals surface area (Å²) in [6, 6.07) is 15.4. The highest BCUT2D eigenvalue weighted by Gasteiger charge is 2.10. The van der Waals surface area contributed by atoms with Gasteiger partial charge in [0.1, 0.15) is 6.07 Å². The molecule has 0 fully saturated rings. The summed E-state index contributed by atoms with van der Waals surface area (Å²) in [6.07, 6.45) is 0. The summed E-state index contributed by atoms with van der Waals surface area (Å²) in [5.74, 6) is 0. The standard InChI is InChI=1S/C16H12N4/c1-10-13(18)6-7-15(19-10)12-8-11-4-2-3-5-14(11)20-16(12)9-17/h2-8H,18H2,1H3. The molecule has 1 aromatic carbocycles. The van der Waals surface area contributed by atoms with Crippen molar-refractivity contribution in [1.29, 1.82) is 5.26 Å². The van der Waals surface area contributed by atoms with Gasteiger partial charge in [0, 0.05) is 10.9 Å². The van der Waals surface area contributed by atoms with Crippen molar-refractivity contribution in [2.45, 2.75) is 6.92 Å². The van der Waals surface area contributed by atoms with E-state index in [9.17, 15) is 5.26 Å². The molecule has 0 aliphatic carbocycles. The summed E-state index contributed by atoms with van der Waals surface area (Å²) in [5, 5.41) is 10.3. The third-order valence-corrected chi connectivity index (χ3v) is 3.23. The van der Waals surface area contributed by atoms with E-state index in [1.165, 1.54) is 0 Å². The van der Waals surface area contributed by atoms with Gasteiger partial charge < -0.3 is 5.73 Å². The fourth-order valence-corrected chi connectivity index (χ4v) is 2.12. The molecule has 4 heteroatoms. The van der Waals surface area contributed by atoms with Gasteiger partial charge in [-0.3, -0.25) is 4.98 Å². The molecule has 2 heterocycles. The van der Waals surface area contributed by atoms with Crippen LogP contribution in [0.4, 0.5) is 5.69 Å². The normalized spacial score (nSPS) is 10.4. The van der Waals surface area contributed by atoms with Crippen LogP contribution in [-0.2, 0) is 0 Å². The number of rotatable bonds is 1. The lowest BCUT2D eigenvalue weighted by Crippen LogP contribution is -1.97. The topological polar surface area (TPSA) is 75.6 Å². The summed E-state index contributed by atoms with van der Waals surface area (Å²) >= 11 is 0. The molecule has 0 aliphatic heterocycles. The third kappa shape index (κ3) is 1.95. The number of nitriles is 1. The van der Waals surface area contributed by atoms with E-state index in [1.807, 2.05) is 43.3 Å². The molecule has 3 aromatic rings. The van der Waals surface area contributed by atoms with Gasteiger partial charge in [0.25, 0.3) is 0 Å². The maximum atomic E-state index is 9.30. The van der Waals surface area contributed by atoms with Gasteiger partial charge in [-0.15, -0.1) is 0 Å². The van der Waals surface area contributed by atoms with Crippen molar-refractivity contribution >= 4 is 16.6 Å². The highest BCUT2D eigenvalue weighted by Crippen LogP contribution is 2.26. The molecular weight excluding hydrogens is 248 g/mol. The van der Waals surface area contributed by atoms with Gasteiger partial charge in [-0.05, 0) is 31.2 Å². The molecule has 20 heavy (non-hydrogen) atoms. The second kappa shape index (κ2) is 4.63. The lowest BCUT2D eigenvalue weighted by molar-refractivity contribution is 1.20. The van der Waals surface area contributed by atoms with Crippen molar-refractivity contribution in [1.82, 2.24) is 9.97 Å². The molecule has 0 spiro atoms. The van der Waals surface area contributed by atoms with Crippen LogP contribution in [-0.4, -0.2) is 9.97 Å². The minimum atomic E-state index is 0.375. The van der Waals surface area contributed by atoms with Crippen LogP contribution in [0.15, 0.2) is 42.5 Å². The van der Waals surface area contributed by atoms with Crippen molar-refractivity contribution in [3.05, 3.63) is 53.9 Å². The van der Waals surface area contributed by atoms with E-state index >= 15 is 0 Å². The van der Waals surface area contributed by atoms with Crippen LogP contribution in [0.5, 0.6) is 0 Å². The van der Waals surface area contributed by atoms with Crippen LogP contribution in [0.25, 0.3) is 22.2 Å². The molecule has 2 N–H and O–H groups in total. The number of hydrogen-bond donors (Lipinski definition) is 1. The first-order valence-electron chi connectivity index (χ1n) is 6.22. The van der Waals surface area contributed by atoms with Gasteiger partial charge in [0.2, 0.25) is 0 Å². The van der Waals surface area contributed by atoms with E-state index in [1.54, 1.807) is 6.07 Å². The number of pyridine rings is 2. The Morgan fingerprint density at radius 2 is 1.90 bits per heavy atom. The van der Waals surface area contributed by atoms with Crippen LogP contribution in [0.3, 0.4) is 0 Å². The number of aromatic nitrogens is 2. The first-order chi connectivity index (χ1) is 9.69. The highest BCUT2D eigenvalue weighted by molar-refractivity contribution is 5.85. The van der Waals surface area contributed by atoms with Crippen molar-refractivity contribution in [2.75, 3.05) is 5.73 Å². The van der Waals surface area contributed by atoms with Crippen molar-refractivity contribution in [3.8, 4) is 17.3 Å². The Bertz CT molecular complexity index is 847. The Morgan fingerprint density at radius 1 is 1.10 bits per heavy atom. The molecule has 0 atom stereocenters. The number of hydrogen-bond acceptors (Lipinski definition) is 4. The van der Waals surface area contributed by atoms with E-state index < -0.39 is 0 Å². The van der Waals surface area contributed by atoms with Gasteiger partial charge in [-0.25, -0.2) is 4.98 Å². The third-order valence-electron chi connectivity index (χ3n) is 3.23. The minimum absolute atomic E-state index is 0.375. The fourth-order valence-electron chi connectivity index (χ4n) is 2.12. The quantitative estimate of drug-likeness (QED) is 0.729. The smallest absolute Gasteiger partial charge is 0.150 e. The van der Waals surface area contributed by atoms with Gasteiger partial charge in [-0.1, -0.05) is 18.2 Å². The lowest BCUT2D eigenvalue weighted by atomic mass is 10.1. The minimum Gasteiger partial charge on any atom is -0.397 e. The van der Waals surface area contributed by atoms with E-state index in [2.05, 4.69) is 16.0 Å². The van der Waals surface area contributed by atoms with Crippen molar-refractivity contribution in [2.24, 2.45) is 0 Å². The first kappa shape index (κ1) is 12.1. The average molecular weight is 260 g/mol. The van der Waals surface area contributed by atoms with Crippen LogP contribution in [0, 0.1) is 18.3 Å². The van der Waals surface area contributed by atoms with Gasteiger partial charge in [0.15, 0.2) is 5.69 Å². The number of nitrogen functional groups attached to an aromatic ring is 1. The predicted molar refractivity (Wildman–Crippen MR) is 78.8 cm³/mol. The monoisotopic (exact) mass is 260 g/mol. The zero-order valence-electron chi connectivity index (χ0n) is 11.0. The molecule has 96 valence electrons. The molecule has 0 radical (unpaired) electrons. The van der Waals surface area contributed by atoms with Crippen LogP contribution < -0.4 is 5.73 Å². The average Bonchev–Trinajstić information content (AvgIpc) is 2.48. The van der Waals surface area contributed by atoms with E-state index in [-0.39, 0.29) is 0 Å². The summed E-state index contributed by atoms with van der Waals surface area (Å²) in [6.45, 7) is 1.85. The van der Waals surface area contributed by atoms with Crippen LogP contribution in [0.1, 0.15) is 11.4 Å². The van der Waals surface area contributed by atoms with Crippen LogP contribution >= 0.6 is 0 Å². The number of anilines is 1. The molecule has 0 aliphatic rings. The Labute approximate surface area is 116 Å². The van der Waals surface area contributed by atoms with E-state index in [0.717, 1.165) is 22.2 Å². The molecular formula is C16H12N4. The number of para-hydroxylation sites is 1. The van der Waals surface area contributed by atoms with Crippen molar-refractivity contribution < 1.29 is 0 Å². The molecule has 0 unspecified atom stereocenters. The molecule has 3 rings (SSSR count). The van der Waals surface area contributed by atoms with Gasteiger partial charge >= 0.3 is 0 Å². The van der Waals surface area contributed by atoms with Gasteiger partial charge in [-0.2, -0.15) is 5.26 Å². The highest BCUT2D eigenvalue weighted by atomic mass is 14.8. The summed E-state index contributed by atoms with van der Waals surface area (Å²) in [4.78, 5) is 8.83. The summed E-state index contributed by atoms with van der Waals surface area (Å²) in [7, 11) is 0. The zero-order valence-corrected chi connectivity index (χ0v) is 11.0. The number of aryl methyl sites for hydroxylation is 1. The number of nitrogens with zero attached hydrogens (tertiary/aromatic N) is 3. The second-order valence-corrected chi connectivity index (χ2v) is 4.56. The Balaban J connectivity index is 2.29. The summed E-state index contributed by atoms with van der Waals surface area (Å²) in [5.41, 5.74) is 9.80. The largest absolute Gasteiger partial charge is 0.397 e. The SMILES string of the molecule is Cc1nc(-c2cc3ccccc3nc2C#N)ccc1N. The number of fused-ring (bicyclic) bond motifs is 1. The predicted octanol–water partition coefficient (Wildman–Crippen LogP) is 3.06. The summed E-state index contributed by atoms with van der Waals surface area (Å²) < 4.78 is 0. The second-order valence-electron chi connectivity index (χ2n) is 4.56. The molecule has 4 nitrogen and oxygen atoms in total.